The van der Waals surface area contributed by atoms with Gasteiger partial charge in [0.25, 0.3) is 0 Å². The second-order valence-corrected chi connectivity index (χ2v) is 6.43. The molecule has 0 bridgehead atoms. The Morgan fingerprint density at radius 3 is 1.79 bits per heavy atom. The normalized spacial score (nSPS) is 13.4. The molecule has 0 aliphatic heterocycles. The number of ether oxygens (including phenoxy) is 2. The summed E-state index contributed by atoms with van der Waals surface area (Å²) in [6.45, 7) is 12.8. The van der Waals surface area contributed by atoms with Crippen LogP contribution in [0, 0.1) is 0 Å². The first-order valence-electron chi connectivity index (χ1n) is 6.35. The van der Waals surface area contributed by atoms with Gasteiger partial charge in [-0.15, -0.1) is 0 Å². The van der Waals surface area contributed by atoms with Gasteiger partial charge in [-0.05, 0) is 48.5 Å². The number of amides is 2. The molecule has 6 nitrogen and oxygen atoms in total. The number of alkyl carbamates (subject to hydrolysis) is 2. The summed E-state index contributed by atoms with van der Waals surface area (Å²) in [4.78, 5) is 22.9. The van der Waals surface area contributed by atoms with Crippen LogP contribution in [-0.4, -0.2) is 36.0 Å². The summed E-state index contributed by atoms with van der Waals surface area (Å²) in [5.41, 5.74) is -1.08. The SMILES string of the molecule is CC(CNC(=O)OC(C)(C)C)NC(=O)OC(C)(C)C. The second kappa shape index (κ2) is 6.63. The van der Waals surface area contributed by atoms with E-state index in [4.69, 9.17) is 9.47 Å². The minimum Gasteiger partial charge on any atom is -0.444 e. The molecule has 2 amide bonds. The largest absolute Gasteiger partial charge is 0.444 e. The van der Waals surface area contributed by atoms with Gasteiger partial charge in [0.05, 0.1) is 0 Å². The van der Waals surface area contributed by atoms with E-state index in [2.05, 4.69) is 10.6 Å². The van der Waals surface area contributed by atoms with Crippen molar-refractivity contribution in [3.8, 4) is 0 Å². The fourth-order valence-corrected chi connectivity index (χ4v) is 1.11. The maximum absolute atomic E-state index is 11.5. The summed E-state index contributed by atoms with van der Waals surface area (Å²) in [5, 5.41) is 5.20. The molecule has 0 aromatic heterocycles. The van der Waals surface area contributed by atoms with Crippen LogP contribution in [0.25, 0.3) is 0 Å². The fourth-order valence-electron chi connectivity index (χ4n) is 1.11. The summed E-state index contributed by atoms with van der Waals surface area (Å²) in [6, 6.07) is -0.248. The highest BCUT2D eigenvalue weighted by atomic mass is 16.6. The van der Waals surface area contributed by atoms with Gasteiger partial charge in [-0.2, -0.15) is 0 Å². The Morgan fingerprint density at radius 2 is 1.37 bits per heavy atom. The molecule has 112 valence electrons. The lowest BCUT2D eigenvalue weighted by Crippen LogP contribution is -2.44. The Morgan fingerprint density at radius 1 is 0.947 bits per heavy atom. The minimum absolute atomic E-state index is 0.248. The molecule has 0 aromatic rings. The van der Waals surface area contributed by atoms with Crippen LogP contribution in [-0.2, 0) is 9.47 Å². The van der Waals surface area contributed by atoms with Gasteiger partial charge in [-0.1, -0.05) is 0 Å². The van der Waals surface area contributed by atoms with Crippen LogP contribution in [0.15, 0.2) is 0 Å². The summed E-state index contributed by atoms with van der Waals surface area (Å²) in [7, 11) is 0. The van der Waals surface area contributed by atoms with Crippen LogP contribution in [0.5, 0.6) is 0 Å². The van der Waals surface area contributed by atoms with E-state index in [9.17, 15) is 9.59 Å². The third-order valence-electron chi connectivity index (χ3n) is 1.71. The van der Waals surface area contributed by atoms with Crippen molar-refractivity contribution in [3.05, 3.63) is 0 Å². The van der Waals surface area contributed by atoms with Gasteiger partial charge >= 0.3 is 12.2 Å². The Bertz CT molecular complexity index is 316. The molecule has 6 heteroatoms. The molecule has 0 saturated heterocycles. The van der Waals surface area contributed by atoms with Gasteiger partial charge < -0.3 is 20.1 Å². The van der Waals surface area contributed by atoms with Crippen LogP contribution in [0.3, 0.4) is 0 Å². The number of hydrogen-bond acceptors (Lipinski definition) is 4. The van der Waals surface area contributed by atoms with Gasteiger partial charge in [0, 0.05) is 12.6 Å². The van der Waals surface area contributed by atoms with Crippen molar-refractivity contribution >= 4 is 12.2 Å². The van der Waals surface area contributed by atoms with Crippen LogP contribution in [0.2, 0.25) is 0 Å². The van der Waals surface area contributed by atoms with Crippen LogP contribution >= 0.6 is 0 Å². The summed E-state index contributed by atoms with van der Waals surface area (Å²) < 4.78 is 10.2. The molecule has 0 fully saturated rings. The molecule has 1 unspecified atom stereocenters. The Kier molecular flexibility index (Phi) is 6.12. The molecule has 0 aliphatic carbocycles. The van der Waals surface area contributed by atoms with E-state index in [1.54, 1.807) is 48.5 Å². The maximum atomic E-state index is 11.5. The molecule has 0 saturated carbocycles. The van der Waals surface area contributed by atoms with Crippen molar-refractivity contribution in [3.63, 3.8) is 0 Å². The third kappa shape index (κ3) is 11.4. The van der Waals surface area contributed by atoms with Crippen molar-refractivity contribution < 1.29 is 19.1 Å². The summed E-state index contributed by atoms with van der Waals surface area (Å²) in [6.07, 6.45) is -1.02. The van der Waals surface area contributed by atoms with E-state index in [0.29, 0.717) is 0 Å². The highest BCUT2D eigenvalue weighted by Crippen LogP contribution is 2.07. The Hall–Kier alpha value is -1.46. The average molecular weight is 274 g/mol. The van der Waals surface area contributed by atoms with E-state index in [-0.39, 0.29) is 12.6 Å². The zero-order valence-corrected chi connectivity index (χ0v) is 12.9. The summed E-state index contributed by atoms with van der Waals surface area (Å²) >= 11 is 0. The summed E-state index contributed by atoms with van der Waals surface area (Å²) in [5.74, 6) is 0. The van der Waals surface area contributed by atoms with Gasteiger partial charge in [0.1, 0.15) is 11.2 Å². The van der Waals surface area contributed by atoms with Crippen molar-refractivity contribution in [1.82, 2.24) is 10.6 Å². The third-order valence-corrected chi connectivity index (χ3v) is 1.71. The molecule has 2 N–H and O–H groups in total. The van der Waals surface area contributed by atoms with Crippen molar-refractivity contribution in [2.24, 2.45) is 0 Å². The van der Waals surface area contributed by atoms with E-state index >= 15 is 0 Å². The number of carbonyl (C=O) groups is 2. The topological polar surface area (TPSA) is 76.7 Å². The lowest BCUT2D eigenvalue weighted by atomic mass is 10.2. The van der Waals surface area contributed by atoms with Crippen LogP contribution < -0.4 is 10.6 Å². The molecular formula is C13H26N2O4. The molecule has 0 rings (SSSR count). The zero-order valence-electron chi connectivity index (χ0n) is 12.9. The highest BCUT2D eigenvalue weighted by Gasteiger charge is 2.19. The second-order valence-electron chi connectivity index (χ2n) is 6.43. The first-order chi connectivity index (χ1) is 8.39. The number of carbonyl (C=O) groups excluding carboxylic acids is 2. The van der Waals surface area contributed by atoms with E-state index in [1.807, 2.05) is 0 Å². The van der Waals surface area contributed by atoms with Crippen molar-refractivity contribution in [2.75, 3.05) is 6.54 Å². The molecule has 0 spiro atoms. The molecule has 19 heavy (non-hydrogen) atoms. The molecule has 1 atom stereocenters. The lowest BCUT2D eigenvalue weighted by Gasteiger charge is -2.23. The minimum atomic E-state index is -0.539. The van der Waals surface area contributed by atoms with E-state index in [1.165, 1.54) is 0 Å². The van der Waals surface area contributed by atoms with Gasteiger partial charge in [-0.3, -0.25) is 0 Å². The smallest absolute Gasteiger partial charge is 0.407 e. The van der Waals surface area contributed by atoms with Gasteiger partial charge in [0.15, 0.2) is 0 Å². The fraction of sp³-hybridized carbons (Fsp3) is 0.846. The number of nitrogens with one attached hydrogen (secondary N) is 2. The molecule has 0 aliphatic rings. The Balaban J connectivity index is 3.96. The highest BCUT2D eigenvalue weighted by molar-refractivity contribution is 5.69. The Labute approximate surface area is 115 Å². The first-order valence-corrected chi connectivity index (χ1v) is 6.35. The van der Waals surface area contributed by atoms with Crippen molar-refractivity contribution in [2.45, 2.75) is 65.7 Å². The molecule has 0 heterocycles. The monoisotopic (exact) mass is 274 g/mol. The molecule has 0 aromatic carbocycles. The first kappa shape index (κ1) is 17.5. The zero-order chi connectivity index (χ0) is 15.3. The average Bonchev–Trinajstić information content (AvgIpc) is 2.08. The van der Waals surface area contributed by atoms with E-state index < -0.39 is 23.4 Å². The predicted molar refractivity (Wildman–Crippen MR) is 73.1 cm³/mol. The van der Waals surface area contributed by atoms with Crippen molar-refractivity contribution in [1.29, 1.82) is 0 Å². The standard InChI is InChI=1S/C13H26N2O4/c1-9(15-11(17)19-13(5,6)7)8-14-10(16)18-12(2,3)4/h9H,8H2,1-7H3,(H,14,16)(H,15,17). The van der Waals surface area contributed by atoms with Crippen LogP contribution in [0.1, 0.15) is 48.5 Å². The van der Waals surface area contributed by atoms with Gasteiger partial charge in [0.2, 0.25) is 0 Å². The number of hydrogen-bond donors (Lipinski definition) is 2. The number of rotatable bonds is 3. The van der Waals surface area contributed by atoms with E-state index in [0.717, 1.165) is 0 Å². The van der Waals surface area contributed by atoms with Gasteiger partial charge in [-0.25, -0.2) is 9.59 Å². The maximum Gasteiger partial charge on any atom is 0.407 e. The molecular weight excluding hydrogens is 248 g/mol. The lowest BCUT2D eigenvalue weighted by molar-refractivity contribution is 0.0468. The molecule has 0 radical (unpaired) electrons. The predicted octanol–water partition coefficient (Wildman–Crippen LogP) is 2.42. The quantitative estimate of drug-likeness (QED) is 0.828. The van der Waals surface area contributed by atoms with Crippen LogP contribution in [0.4, 0.5) is 9.59 Å².